The average Bonchev–Trinajstić information content (AvgIpc) is 3.35. The standard InChI is InChI=1S/C24H35F2N5O6/c1-23(2,3)36-22(34)27-15(11-30-13-24(25,26)8-7-18(30)32)9-19(33)31-12-16(35-4)10-17(31)21-28-20(29-37-21)14-5-6-14/h14-17H,5-13H2,1-4H3,(H,27,34)/t15-,16+,17-/m0/s1. The number of alkyl halides is 2. The number of nitrogens with zero attached hydrogens (tertiary/aromatic N) is 4. The fourth-order valence-electron chi connectivity index (χ4n) is 4.66. The van der Waals surface area contributed by atoms with E-state index < -0.39 is 48.6 Å². The second-order valence-electron chi connectivity index (χ2n) is 11.1. The number of piperidine rings is 1. The van der Waals surface area contributed by atoms with Crippen molar-refractivity contribution >= 4 is 17.9 Å². The van der Waals surface area contributed by atoms with Crippen molar-refractivity contribution in [2.45, 2.75) is 94.9 Å². The molecule has 3 amide bonds. The highest BCUT2D eigenvalue weighted by Gasteiger charge is 2.43. The zero-order chi connectivity index (χ0) is 27.0. The molecular weight excluding hydrogens is 492 g/mol. The van der Waals surface area contributed by atoms with Crippen LogP contribution in [0.2, 0.25) is 0 Å². The fourth-order valence-corrected chi connectivity index (χ4v) is 4.66. The van der Waals surface area contributed by atoms with Gasteiger partial charge in [-0.15, -0.1) is 0 Å². The van der Waals surface area contributed by atoms with E-state index >= 15 is 0 Å². The van der Waals surface area contributed by atoms with Gasteiger partial charge in [0, 0.05) is 51.8 Å². The monoisotopic (exact) mass is 527 g/mol. The van der Waals surface area contributed by atoms with Gasteiger partial charge in [0.2, 0.25) is 17.7 Å². The van der Waals surface area contributed by atoms with Crippen LogP contribution in [0.4, 0.5) is 13.6 Å². The Bertz CT molecular complexity index is 1010. The molecule has 3 heterocycles. The molecule has 1 aromatic rings. The number of carbonyl (C=O) groups excluding carboxylic acids is 3. The molecule has 2 saturated heterocycles. The largest absolute Gasteiger partial charge is 0.444 e. The minimum atomic E-state index is -3.03. The second-order valence-corrected chi connectivity index (χ2v) is 11.1. The van der Waals surface area contributed by atoms with Crippen LogP contribution in [0.5, 0.6) is 0 Å². The van der Waals surface area contributed by atoms with Crippen molar-refractivity contribution in [2.75, 3.05) is 26.7 Å². The zero-order valence-electron chi connectivity index (χ0n) is 21.7. The number of likely N-dealkylation sites (tertiary alicyclic amines) is 2. The normalized spacial score (nSPS) is 24.8. The van der Waals surface area contributed by atoms with Crippen molar-refractivity contribution in [1.29, 1.82) is 0 Å². The van der Waals surface area contributed by atoms with E-state index in [0.717, 1.165) is 17.7 Å². The predicted molar refractivity (Wildman–Crippen MR) is 125 cm³/mol. The van der Waals surface area contributed by atoms with Gasteiger partial charge in [0.25, 0.3) is 5.92 Å². The molecule has 37 heavy (non-hydrogen) atoms. The highest BCUT2D eigenvalue weighted by molar-refractivity contribution is 5.80. The number of hydrogen-bond acceptors (Lipinski definition) is 8. The molecular formula is C24H35F2N5O6. The Labute approximate surface area is 214 Å². The first-order chi connectivity index (χ1) is 17.3. The summed E-state index contributed by atoms with van der Waals surface area (Å²) < 4.78 is 44.3. The molecule has 0 bridgehead atoms. The Morgan fingerprint density at radius 2 is 2.03 bits per heavy atom. The summed E-state index contributed by atoms with van der Waals surface area (Å²) in [5.41, 5.74) is -0.810. The van der Waals surface area contributed by atoms with Crippen LogP contribution in [0.3, 0.4) is 0 Å². The predicted octanol–water partition coefficient (Wildman–Crippen LogP) is 2.78. The molecule has 1 N–H and O–H groups in total. The van der Waals surface area contributed by atoms with Crippen molar-refractivity contribution in [2.24, 2.45) is 0 Å². The molecule has 4 rings (SSSR count). The summed E-state index contributed by atoms with van der Waals surface area (Å²) in [7, 11) is 1.55. The van der Waals surface area contributed by atoms with Gasteiger partial charge in [0.05, 0.1) is 18.7 Å². The van der Waals surface area contributed by atoms with Crippen LogP contribution in [-0.2, 0) is 19.1 Å². The van der Waals surface area contributed by atoms with E-state index in [1.807, 2.05) is 0 Å². The summed E-state index contributed by atoms with van der Waals surface area (Å²) in [5, 5.41) is 6.65. The lowest BCUT2D eigenvalue weighted by Crippen LogP contribution is -2.53. The van der Waals surface area contributed by atoms with E-state index in [4.69, 9.17) is 14.0 Å². The molecule has 3 aliphatic rings. The number of ether oxygens (including phenoxy) is 2. The molecule has 13 heteroatoms. The van der Waals surface area contributed by atoms with E-state index in [1.54, 1.807) is 32.8 Å². The highest BCUT2D eigenvalue weighted by Crippen LogP contribution is 2.40. The maximum Gasteiger partial charge on any atom is 0.407 e. The lowest BCUT2D eigenvalue weighted by Gasteiger charge is -2.35. The number of hydrogen-bond donors (Lipinski definition) is 1. The summed E-state index contributed by atoms with van der Waals surface area (Å²) in [5.74, 6) is -2.63. The lowest BCUT2D eigenvalue weighted by molar-refractivity contribution is -0.148. The van der Waals surface area contributed by atoms with Crippen molar-refractivity contribution < 1.29 is 37.2 Å². The molecule has 11 nitrogen and oxygen atoms in total. The van der Waals surface area contributed by atoms with Crippen molar-refractivity contribution in [3.05, 3.63) is 11.7 Å². The molecule has 2 aliphatic heterocycles. The summed E-state index contributed by atoms with van der Waals surface area (Å²) in [6, 6.07) is -1.47. The van der Waals surface area contributed by atoms with Crippen LogP contribution in [0.1, 0.15) is 83.0 Å². The Morgan fingerprint density at radius 1 is 1.30 bits per heavy atom. The minimum Gasteiger partial charge on any atom is -0.444 e. The topological polar surface area (TPSA) is 127 Å². The molecule has 206 valence electrons. The minimum absolute atomic E-state index is 0.245. The molecule has 1 aliphatic carbocycles. The van der Waals surface area contributed by atoms with E-state index in [0.29, 0.717) is 18.1 Å². The molecule has 3 fully saturated rings. The summed E-state index contributed by atoms with van der Waals surface area (Å²) >= 11 is 0. The fraction of sp³-hybridized carbons (Fsp3) is 0.792. The maximum absolute atomic E-state index is 14.0. The number of halogens is 2. The molecule has 1 aromatic heterocycles. The van der Waals surface area contributed by atoms with Gasteiger partial charge in [0.15, 0.2) is 5.82 Å². The number of alkyl carbamates (subject to hydrolysis) is 1. The summed E-state index contributed by atoms with van der Waals surface area (Å²) in [4.78, 5) is 45.4. The number of nitrogens with one attached hydrogen (secondary N) is 1. The number of carbonyl (C=O) groups is 3. The Hall–Kier alpha value is -2.83. The van der Waals surface area contributed by atoms with Gasteiger partial charge in [-0.25, -0.2) is 13.6 Å². The first-order valence-corrected chi connectivity index (χ1v) is 12.6. The Balaban J connectivity index is 1.49. The average molecular weight is 528 g/mol. The van der Waals surface area contributed by atoms with Gasteiger partial charge in [-0.2, -0.15) is 4.98 Å². The third-order valence-corrected chi connectivity index (χ3v) is 6.66. The molecule has 0 aromatic carbocycles. The van der Waals surface area contributed by atoms with Crippen LogP contribution in [0.25, 0.3) is 0 Å². The Kier molecular flexibility index (Phi) is 7.72. The Morgan fingerprint density at radius 3 is 2.68 bits per heavy atom. The van der Waals surface area contributed by atoms with Gasteiger partial charge in [-0.3, -0.25) is 9.59 Å². The van der Waals surface area contributed by atoms with Crippen molar-refractivity contribution in [3.8, 4) is 0 Å². The zero-order valence-corrected chi connectivity index (χ0v) is 21.7. The van der Waals surface area contributed by atoms with Gasteiger partial charge in [0.1, 0.15) is 11.6 Å². The summed E-state index contributed by atoms with van der Waals surface area (Å²) in [6.07, 6.45) is 0.320. The van der Waals surface area contributed by atoms with Gasteiger partial charge in [-0.05, 0) is 33.6 Å². The molecule has 0 radical (unpaired) electrons. The van der Waals surface area contributed by atoms with E-state index in [-0.39, 0.29) is 43.9 Å². The van der Waals surface area contributed by atoms with Crippen LogP contribution in [0.15, 0.2) is 4.52 Å². The molecule has 0 spiro atoms. The van der Waals surface area contributed by atoms with Crippen LogP contribution < -0.4 is 5.32 Å². The summed E-state index contributed by atoms with van der Waals surface area (Å²) in [6.45, 7) is 4.29. The number of rotatable bonds is 8. The third kappa shape index (κ3) is 7.14. The van der Waals surface area contributed by atoms with Crippen LogP contribution >= 0.6 is 0 Å². The van der Waals surface area contributed by atoms with Crippen molar-refractivity contribution in [3.63, 3.8) is 0 Å². The molecule has 0 unspecified atom stereocenters. The maximum atomic E-state index is 14.0. The van der Waals surface area contributed by atoms with Crippen LogP contribution in [-0.4, -0.2) is 88.3 Å². The van der Waals surface area contributed by atoms with Gasteiger partial charge < -0.3 is 29.1 Å². The quantitative estimate of drug-likeness (QED) is 0.547. The van der Waals surface area contributed by atoms with E-state index in [9.17, 15) is 23.2 Å². The molecule has 1 saturated carbocycles. The number of aromatic nitrogens is 2. The lowest BCUT2D eigenvalue weighted by atomic mass is 10.0. The van der Waals surface area contributed by atoms with Crippen LogP contribution in [0, 0.1) is 0 Å². The van der Waals surface area contributed by atoms with E-state index in [2.05, 4.69) is 15.5 Å². The van der Waals surface area contributed by atoms with Crippen molar-refractivity contribution in [1.82, 2.24) is 25.3 Å². The van der Waals surface area contributed by atoms with E-state index in [1.165, 1.54) is 0 Å². The van der Waals surface area contributed by atoms with Gasteiger partial charge in [-0.1, -0.05) is 5.16 Å². The third-order valence-electron chi connectivity index (χ3n) is 6.66. The van der Waals surface area contributed by atoms with Gasteiger partial charge >= 0.3 is 6.09 Å². The number of methoxy groups -OCH3 is 1. The first-order valence-electron chi connectivity index (χ1n) is 12.6. The molecule has 3 atom stereocenters. The SMILES string of the molecule is CO[C@@H]1C[C@@H](c2nc(C3CC3)no2)N(C(=O)C[C@@H](CN2CC(F)(F)CCC2=O)NC(=O)OC(C)(C)C)C1. The first kappa shape index (κ1) is 27.2. The smallest absolute Gasteiger partial charge is 0.407 e. The second kappa shape index (κ2) is 10.5. The number of amides is 3. The highest BCUT2D eigenvalue weighted by atomic mass is 19.3.